The van der Waals surface area contributed by atoms with Crippen molar-refractivity contribution in [2.24, 2.45) is 0 Å². The van der Waals surface area contributed by atoms with Gasteiger partial charge >= 0.3 is 0 Å². The summed E-state index contributed by atoms with van der Waals surface area (Å²) in [6, 6.07) is 10.9. The number of nitrogens with zero attached hydrogens (tertiary/aromatic N) is 1. The van der Waals surface area contributed by atoms with E-state index in [4.69, 9.17) is 37.4 Å². The number of ether oxygens (including phenoxy) is 3. The average molecular weight is 422 g/mol. The Labute approximate surface area is 174 Å². The van der Waals surface area contributed by atoms with Crippen LogP contribution in [0.15, 0.2) is 36.4 Å². The van der Waals surface area contributed by atoms with Gasteiger partial charge in [0.05, 0.1) is 30.5 Å². The molecule has 2 aromatic rings. The smallest absolute Gasteiger partial charge is 0.292 e. The molecule has 0 saturated carbocycles. The van der Waals surface area contributed by atoms with E-state index in [-0.39, 0.29) is 5.91 Å². The van der Waals surface area contributed by atoms with Gasteiger partial charge in [-0.1, -0.05) is 41.4 Å². The van der Waals surface area contributed by atoms with Crippen molar-refractivity contribution in [3.05, 3.63) is 57.6 Å². The van der Waals surface area contributed by atoms with E-state index < -0.39 is 5.79 Å². The molecular formula is C21H21Cl2NO4. The predicted molar refractivity (Wildman–Crippen MR) is 108 cm³/mol. The normalized spacial score (nSPS) is 17.8. The monoisotopic (exact) mass is 421 g/mol. The van der Waals surface area contributed by atoms with E-state index in [1.54, 1.807) is 23.1 Å². The van der Waals surface area contributed by atoms with Crippen LogP contribution in [-0.4, -0.2) is 32.3 Å². The van der Waals surface area contributed by atoms with Crippen molar-refractivity contribution in [3.8, 4) is 5.75 Å². The molecule has 5 nitrogen and oxygen atoms in total. The first-order valence-electron chi connectivity index (χ1n) is 9.31. The van der Waals surface area contributed by atoms with Crippen LogP contribution in [-0.2, 0) is 20.1 Å². The first-order chi connectivity index (χ1) is 13.5. The van der Waals surface area contributed by atoms with Gasteiger partial charge in [0.25, 0.3) is 11.7 Å². The minimum Gasteiger partial charge on any atom is -0.492 e. The minimum atomic E-state index is -1.31. The van der Waals surface area contributed by atoms with Gasteiger partial charge in [-0.15, -0.1) is 0 Å². The third-order valence-electron chi connectivity index (χ3n) is 4.97. The predicted octanol–water partition coefficient (Wildman–Crippen LogP) is 4.71. The number of hydrogen-bond acceptors (Lipinski definition) is 4. The number of carbonyl (C=O) groups is 1. The van der Waals surface area contributed by atoms with Gasteiger partial charge in [0, 0.05) is 17.1 Å². The molecule has 0 radical (unpaired) electrons. The number of halogens is 2. The maximum absolute atomic E-state index is 13.2. The number of para-hydroxylation sites is 1. The molecule has 7 heteroatoms. The molecule has 28 heavy (non-hydrogen) atoms. The number of benzene rings is 2. The van der Waals surface area contributed by atoms with Gasteiger partial charge in [0.1, 0.15) is 5.75 Å². The number of aryl methyl sites for hydroxylation is 1. The first-order valence-corrected chi connectivity index (χ1v) is 10.1. The van der Waals surface area contributed by atoms with Gasteiger partial charge in [-0.05, 0) is 43.5 Å². The van der Waals surface area contributed by atoms with Crippen molar-refractivity contribution in [2.45, 2.75) is 25.6 Å². The summed E-state index contributed by atoms with van der Waals surface area (Å²) >= 11 is 12.0. The Morgan fingerprint density at radius 1 is 1.18 bits per heavy atom. The van der Waals surface area contributed by atoms with Crippen LogP contribution in [0.2, 0.25) is 10.0 Å². The summed E-state index contributed by atoms with van der Waals surface area (Å²) < 4.78 is 17.5. The topological polar surface area (TPSA) is 48.0 Å². The molecule has 0 atom stereocenters. The summed E-state index contributed by atoms with van der Waals surface area (Å²) in [5.74, 6) is -0.896. The second-order valence-corrected chi connectivity index (χ2v) is 7.72. The lowest BCUT2D eigenvalue weighted by Crippen LogP contribution is -2.47. The van der Waals surface area contributed by atoms with E-state index in [1.807, 2.05) is 25.1 Å². The Balaban J connectivity index is 1.48. The third-order valence-corrected chi connectivity index (χ3v) is 5.50. The van der Waals surface area contributed by atoms with Crippen LogP contribution < -0.4 is 9.64 Å². The molecule has 2 aliphatic rings. The highest BCUT2D eigenvalue weighted by Crippen LogP contribution is 2.46. The standard InChI is InChI=1S/C21H21Cl2NO4/c1-14-5-2-6-16-19(14)24(20(25)21(16)27-11-4-12-28-21)9-3-10-26-18-8-7-15(22)13-17(18)23/h2,5-8,13H,3-4,9-12H2,1H3. The largest absolute Gasteiger partial charge is 0.492 e. The van der Waals surface area contributed by atoms with Crippen molar-refractivity contribution in [3.63, 3.8) is 0 Å². The SMILES string of the molecule is Cc1cccc2c1N(CCCOc1ccc(Cl)cc1Cl)C(=O)C21OCCCO1. The molecule has 1 amide bonds. The summed E-state index contributed by atoms with van der Waals surface area (Å²) in [7, 11) is 0. The van der Waals surface area contributed by atoms with E-state index >= 15 is 0 Å². The number of rotatable bonds is 5. The number of amides is 1. The van der Waals surface area contributed by atoms with Crippen molar-refractivity contribution < 1.29 is 19.0 Å². The fraction of sp³-hybridized carbons (Fsp3) is 0.381. The zero-order valence-electron chi connectivity index (χ0n) is 15.5. The second kappa shape index (κ2) is 7.91. The summed E-state index contributed by atoms with van der Waals surface area (Å²) in [6.07, 6.45) is 1.42. The van der Waals surface area contributed by atoms with Crippen molar-refractivity contribution in [2.75, 3.05) is 31.3 Å². The lowest BCUT2D eigenvalue weighted by atomic mass is 10.0. The van der Waals surface area contributed by atoms with Gasteiger partial charge in [-0.2, -0.15) is 0 Å². The summed E-state index contributed by atoms with van der Waals surface area (Å²) in [5.41, 5.74) is 2.68. The van der Waals surface area contributed by atoms with Gasteiger partial charge in [0.15, 0.2) is 0 Å². The number of carbonyl (C=O) groups excluding carboxylic acids is 1. The van der Waals surface area contributed by atoms with Gasteiger partial charge < -0.3 is 19.1 Å². The van der Waals surface area contributed by atoms with Gasteiger partial charge in [-0.3, -0.25) is 4.79 Å². The van der Waals surface area contributed by atoms with E-state index in [0.717, 1.165) is 23.2 Å². The fourth-order valence-corrected chi connectivity index (χ4v) is 4.16. The second-order valence-electron chi connectivity index (χ2n) is 6.87. The zero-order valence-corrected chi connectivity index (χ0v) is 17.1. The van der Waals surface area contributed by atoms with E-state index in [0.29, 0.717) is 48.6 Å². The summed E-state index contributed by atoms with van der Waals surface area (Å²) in [6.45, 7) is 3.92. The molecule has 0 aromatic heterocycles. The maximum atomic E-state index is 13.2. The molecule has 0 bridgehead atoms. The lowest BCUT2D eigenvalue weighted by Gasteiger charge is -2.32. The molecule has 4 rings (SSSR count). The number of fused-ring (bicyclic) bond motifs is 2. The van der Waals surface area contributed by atoms with Crippen LogP contribution in [0.1, 0.15) is 24.0 Å². The molecule has 1 spiro atoms. The Morgan fingerprint density at radius 2 is 1.96 bits per heavy atom. The van der Waals surface area contributed by atoms with Gasteiger partial charge in [0.2, 0.25) is 0 Å². The molecule has 2 heterocycles. The lowest BCUT2D eigenvalue weighted by molar-refractivity contribution is -0.256. The molecule has 0 N–H and O–H groups in total. The molecule has 0 unspecified atom stereocenters. The zero-order chi connectivity index (χ0) is 19.7. The molecule has 1 saturated heterocycles. The van der Waals surface area contributed by atoms with Crippen molar-refractivity contribution >= 4 is 34.8 Å². The molecule has 1 fully saturated rings. The van der Waals surface area contributed by atoms with Crippen LogP contribution in [0.5, 0.6) is 5.75 Å². The van der Waals surface area contributed by atoms with Crippen LogP contribution in [0.4, 0.5) is 5.69 Å². The molecule has 2 aliphatic heterocycles. The quantitative estimate of drug-likeness (QED) is 0.655. The minimum absolute atomic E-state index is 0.166. The maximum Gasteiger partial charge on any atom is 0.292 e. The molecule has 0 aliphatic carbocycles. The highest BCUT2D eigenvalue weighted by atomic mass is 35.5. The van der Waals surface area contributed by atoms with Crippen molar-refractivity contribution in [1.29, 1.82) is 0 Å². The molecule has 148 valence electrons. The summed E-state index contributed by atoms with van der Waals surface area (Å²) in [4.78, 5) is 15.0. The van der Waals surface area contributed by atoms with Crippen LogP contribution in [0.25, 0.3) is 0 Å². The van der Waals surface area contributed by atoms with Crippen molar-refractivity contribution in [1.82, 2.24) is 0 Å². The van der Waals surface area contributed by atoms with Crippen LogP contribution >= 0.6 is 23.2 Å². The number of anilines is 1. The molecule has 2 aromatic carbocycles. The van der Waals surface area contributed by atoms with E-state index in [9.17, 15) is 4.79 Å². The number of hydrogen-bond donors (Lipinski definition) is 0. The average Bonchev–Trinajstić information content (AvgIpc) is 2.91. The highest BCUT2D eigenvalue weighted by molar-refractivity contribution is 6.35. The first kappa shape index (κ1) is 19.5. The Morgan fingerprint density at radius 3 is 2.71 bits per heavy atom. The fourth-order valence-electron chi connectivity index (χ4n) is 3.70. The Hall–Kier alpha value is -1.79. The highest BCUT2D eigenvalue weighted by Gasteiger charge is 2.55. The summed E-state index contributed by atoms with van der Waals surface area (Å²) in [5, 5.41) is 1.03. The van der Waals surface area contributed by atoms with Crippen LogP contribution in [0.3, 0.4) is 0 Å². The molecular weight excluding hydrogens is 401 g/mol. The van der Waals surface area contributed by atoms with E-state index in [1.165, 1.54) is 0 Å². The van der Waals surface area contributed by atoms with Crippen LogP contribution in [0, 0.1) is 6.92 Å². The third kappa shape index (κ3) is 3.37. The Bertz CT molecular complexity index is 896. The Kier molecular flexibility index (Phi) is 5.52. The van der Waals surface area contributed by atoms with E-state index in [2.05, 4.69) is 0 Å². The van der Waals surface area contributed by atoms with Gasteiger partial charge in [-0.25, -0.2) is 0 Å².